The topological polar surface area (TPSA) is 69.9 Å². The molecule has 0 aliphatic carbocycles. The summed E-state index contributed by atoms with van der Waals surface area (Å²) in [4.78, 5) is 19.5. The lowest BCUT2D eigenvalue weighted by molar-refractivity contribution is 0.0472. The molecule has 0 amide bonds. The van der Waals surface area contributed by atoms with E-state index in [1.807, 2.05) is 0 Å². The molecule has 0 aliphatic heterocycles. The first-order chi connectivity index (χ1) is 8.16. The molecule has 0 radical (unpaired) electrons. The summed E-state index contributed by atoms with van der Waals surface area (Å²) in [6.07, 6.45) is 6.03. The first kappa shape index (κ1) is 11.5. The number of esters is 1. The highest BCUT2D eigenvalue weighted by molar-refractivity contribution is 6.20. The Labute approximate surface area is 102 Å². The van der Waals surface area contributed by atoms with Crippen LogP contribution >= 0.6 is 11.6 Å². The predicted octanol–water partition coefficient (Wildman–Crippen LogP) is 1.40. The zero-order chi connectivity index (χ0) is 12.3. The number of nitrogens with zero attached hydrogens (tertiary/aromatic N) is 4. The molecule has 0 spiro atoms. The van der Waals surface area contributed by atoms with Crippen LogP contribution in [0.1, 0.15) is 17.3 Å². The van der Waals surface area contributed by atoms with Crippen molar-refractivity contribution >= 4 is 17.6 Å². The van der Waals surface area contributed by atoms with Crippen molar-refractivity contribution < 1.29 is 9.53 Å². The van der Waals surface area contributed by atoms with Crippen LogP contribution < -0.4 is 0 Å². The molecule has 1 unspecified atom stereocenters. The normalized spacial score (nSPS) is 12.1. The lowest BCUT2D eigenvalue weighted by Crippen LogP contribution is -2.09. The highest BCUT2D eigenvalue weighted by atomic mass is 35.5. The summed E-state index contributed by atoms with van der Waals surface area (Å²) >= 11 is 5.55. The van der Waals surface area contributed by atoms with Crippen molar-refractivity contribution in [3.63, 3.8) is 0 Å². The molecule has 0 N–H and O–H groups in total. The maximum Gasteiger partial charge on any atom is 0.342 e. The van der Waals surface area contributed by atoms with Gasteiger partial charge in [-0.2, -0.15) is 5.10 Å². The van der Waals surface area contributed by atoms with Gasteiger partial charge in [-0.05, 0) is 13.0 Å². The Bertz CT molecular complexity index is 512. The molecular formula is C10H9ClN4O2. The quantitative estimate of drug-likeness (QED) is 0.610. The zero-order valence-corrected chi connectivity index (χ0v) is 9.70. The molecule has 0 saturated carbocycles. The van der Waals surface area contributed by atoms with Gasteiger partial charge in [-0.25, -0.2) is 19.4 Å². The van der Waals surface area contributed by atoms with Crippen LogP contribution in [0, 0.1) is 0 Å². The van der Waals surface area contributed by atoms with E-state index < -0.39 is 11.5 Å². The van der Waals surface area contributed by atoms with E-state index in [1.54, 1.807) is 25.4 Å². The SMILES string of the molecule is CC(Cl)OC(=O)c1cnn(-c2ncccn2)c1. The van der Waals surface area contributed by atoms with Crippen molar-refractivity contribution in [2.75, 3.05) is 0 Å². The van der Waals surface area contributed by atoms with E-state index in [9.17, 15) is 4.79 Å². The first-order valence-electron chi connectivity index (χ1n) is 4.84. The maximum atomic E-state index is 11.5. The second-order valence-electron chi connectivity index (χ2n) is 3.17. The molecule has 2 aromatic heterocycles. The van der Waals surface area contributed by atoms with E-state index in [-0.39, 0.29) is 0 Å². The smallest absolute Gasteiger partial charge is 0.342 e. The third-order valence-electron chi connectivity index (χ3n) is 1.84. The van der Waals surface area contributed by atoms with Gasteiger partial charge in [0.15, 0.2) is 5.56 Å². The molecule has 88 valence electrons. The standard InChI is InChI=1S/C10H9ClN4O2/c1-7(11)17-9(16)8-5-14-15(6-8)10-12-3-2-4-13-10/h2-7H,1H3. The average Bonchev–Trinajstić information content (AvgIpc) is 2.78. The van der Waals surface area contributed by atoms with Crippen LogP contribution in [0.25, 0.3) is 5.95 Å². The minimum atomic E-state index is -0.682. The summed E-state index contributed by atoms with van der Waals surface area (Å²) in [5.41, 5.74) is -0.385. The summed E-state index contributed by atoms with van der Waals surface area (Å²) in [5.74, 6) is -0.153. The van der Waals surface area contributed by atoms with E-state index in [4.69, 9.17) is 16.3 Å². The van der Waals surface area contributed by atoms with Crippen LogP contribution in [0.2, 0.25) is 0 Å². The summed E-state index contributed by atoms with van der Waals surface area (Å²) in [6.45, 7) is 1.56. The molecule has 0 bridgehead atoms. The molecule has 1 atom stereocenters. The third kappa shape index (κ3) is 2.79. The fourth-order valence-electron chi connectivity index (χ4n) is 1.16. The van der Waals surface area contributed by atoms with E-state index in [1.165, 1.54) is 17.1 Å². The van der Waals surface area contributed by atoms with Gasteiger partial charge in [-0.3, -0.25) is 0 Å². The largest absolute Gasteiger partial charge is 0.443 e. The van der Waals surface area contributed by atoms with Gasteiger partial charge >= 0.3 is 5.97 Å². The van der Waals surface area contributed by atoms with Crippen LogP contribution in [0.5, 0.6) is 0 Å². The van der Waals surface area contributed by atoms with E-state index in [0.29, 0.717) is 11.5 Å². The summed E-state index contributed by atoms with van der Waals surface area (Å²) in [6, 6.07) is 1.69. The molecule has 17 heavy (non-hydrogen) atoms. The van der Waals surface area contributed by atoms with Gasteiger partial charge < -0.3 is 4.74 Å². The van der Waals surface area contributed by atoms with Gasteiger partial charge in [0.1, 0.15) is 0 Å². The fraction of sp³-hybridized carbons (Fsp3) is 0.200. The molecule has 6 nitrogen and oxygen atoms in total. The summed E-state index contributed by atoms with van der Waals surface area (Å²) < 4.78 is 6.20. The highest BCUT2D eigenvalue weighted by Crippen LogP contribution is 2.07. The molecule has 2 heterocycles. The van der Waals surface area contributed by atoms with Crippen molar-refractivity contribution in [2.24, 2.45) is 0 Å². The van der Waals surface area contributed by atoms with Gasteiger partial charge in [0.05, 0.1) is 11.8 Å². The van der Waals surface area contributed by atoms with Crippen LogP contribution in [-0.4, -0.2) is 31.3 Å². The minimum Gasteiger partial charge on any atom is -0.443 e. The van der Waals surface area contributed by atoms with Crippen LogP contribution in [0.4, 0.5) is 0 Å². The van der Waals surface area contributed by atoms with Gasteiger partial charge in [0.2, 0.25) is 5.95 Å². The number of carbonyl (C=O) groups excluding carboxylic acids is 1. The van der Waals surface area contributed by atoms with Crippen molar-refractivity contribution in [1.82, 2.24) is 19.7 Å². The van der Waals surface area contributed by atoms with Gasteiger partial charge in [-0.15, -0.1) is 0 Å². The van der Waals surface area contributed by atoms with Crippen molar-refractivity contribution in [1.29, 1.82) is 0 Å². The molecule has 0 fully saturated rings. The Morgan fingerprint density at radius 1 is 1.47 bits per heavy atom. The number of halogens is 1. The Morgan fingerprint density at radius 3 is 2.82 bits per heavy atom. The van der Waals surface area contributed by atoms with Crippen LogP contribution in [0.15, 0.2) is 30.9 Å². The van der Waals surface area contributed by atoms with Crippen molar-refractivity contribution in [3.05, 3.63) is 36.4 Å². The molecule has 2 rings (SSSR count). The Kier molecular flexibility index (Phi) is 3.34. The number of aromatic nitrogens is 4. The minimum absolute atomic E-state index is 0.296. The van der Waals surface area contributed by atoms with E-state index in [0.717, 1.165) is 0 Å². The monoisotopic (exact) mass is 252 g/mol. The zero-order valence-electron chi connectivity index (χ0n) is 8.95. The second kappa shape index (κ2) is 4.92. The first-order valence-corrected chi connectivity index (χ1v) is 5.27. The number of hydrogen-bond acceptors (Lipinski definition) is 5. The molecular weight excluding hydrogens is 244 g/mol. The summed E-state index contributed by atoms with van der Waals surface area (Å²) in [5, 5.41) is 3.96. The van der Waals surface area contributed by atoms with E-state index in [2.05, 4.69) is 15.1 Å². The lowest BCUT2D eigenvalue weighted by atomic mass is 10.4. The molecule has 0 aromatic carbocycles. The maximum absolute atomic E-state index is 11.5. The molecule has 7 heteroatoms. The van der Waals surface area contributed by atoms with Gasteiger partial charge in [-0.1, -0.05) is 11.6 Å². The highest BCUT2D eigenvalue weighted by Gasteiger charge is 2.13. The average molecular weight is 253 g/mol. The molecule has 0 aliphatic rings. The fourth-order valence-corrected chi connectivity index (χ4v) is 1.24. The van der Waals surface area contributed by atoms with Gasteiger partial charge in [0.25, 0.3) is 0 Å². The van der Waals surface area contributed by atoms with Crippen LogP contribution in [0.3, 0.4) is 0 Å². The molecule has 0 saturated heterocycles. The second-order valence-corrected chi connectivity index (χ2v) is 3.79. The van der Waals surface area contributed by atoms with Crippen molar-refractivity contribution in [3.8, 4) is 5.95 Å². The Morgan fingerprint density at radius 2 is 2.18 bits per heavy atom. The number of ether oxygens (including phenoxy) is 1. The number of carbonyl (C=O) groups is 1. The lowest BCUT2D eigenvalue weighted by Gasteiger charge is -2.03. The third-order valence-corrected chi connectivity index (χ3v) is 1.93. The number of hydrogen-bond donors (Lipinski definition) is 0. The number of alkyl halides is 1. The van der Waals surface area contributed by atoms with E-state index >= 15 is 0 Å². The molecule has 2 aromatic rings. The summed E-state index contributed by atoms with van der Waals surface area (Å²) in [7, 11) is 0. The Balaban J connectivity index is 2.19. The van der Waals surface area contributed by atoms with Crippen LogP contribution in [-0.2, 0) is 4.74 Å². The Hall–Kier alpha value is -1.95. The van der Waals surface area contributed by atoms with Crippen molar-refractivity contribution in [2.45, 2.75) is 12.5 Å². The number of rotatable bonds is 3. The van der Waals surface area contributed by atoms with Gasteiger partial charge in [0, 0.05) is 18.6 Å². The predicted molar refractivity (Wildman–Crippen MR) is 59.9 cm³/mol.